The average molecular weight is 328 g/mol. The summed E-state index contributed by atoms with van der Waals surface area (Å²) in [6.07, 6.45) is 1.30. The lowest BCUT2D eigenvalue weighted by atomic mass is 10.2. The molecule has 0 spiro atoms. The Kier molecular flexibility index (Phi) is 7.37. The zero-order valence-electron chi connectivity index (χ0n) is 14.8. The van der Waals surface area contributed by atoms with Gasteiger partial charge in [-0.2, -0.15) is 5.26 Å². The van der Waals surface area contributed by atoms with Crippen LogP contribution < -0.4 is 5.32 Å². The third-order valence-corrected chi connectivity index (χ3v) is 3.22. The maximum atomic E-state index is 12.1. The van der Waals surface area contributed by atoms with Gasteiger partial charge in [0, 0.05) is 40.8 Å². The Morgan fingerprint density at radius 3 is 2.25 bits per heavy atom. The lowest BCUT2D eigenvalue weighted by Crippen LogP contribution is -2.27. The molecule has 0 saturated carbocycles. The molecule has 0 saturated heterocycles. The second kappa shape index (κ2) is 9.26. The summed E-state index contributed by atoms with van der Waals surface area (Å²) in [4.78, 5) is 15.7. The fourth-order valence-electron chi connectivity index (χ4n) is 2.25. The van der Waals surface area contributed by atoms with Crippen molar-refractivity contribution in [2.24, 2.45) is 0 Å². The van der Waals surface area contributed by atoms with Crippen molar-refractivity contribution in [1.82, 2.24) is 15.1 Å². The molecule has 0 aromatic heterocycles. The Bertz CT molecular complexity index is 645. The van der Waals surface area contributed by atoms with Crippen molar-refractivity contribution in [3.05, 3.63) is 59.1 Å². The van der Waals surface area contributed by atoms with Crippen molar-refractivity contribution < 1.29 is 9.53 Å². The Balaban J connectivity index is 3.01. The minimum atomic E-state index is -0.319. The molecular formula is C18H24N4O2. The minimum Gasteiger partial charge on any atom is -0.495 e. The quantitative estimate of drug-likeness (QED) is 0.357. The molecule has 0 heterocycles. The standard InChI is InChI=1S/C18H24N4O2/c1-21(2)18(22(3)4)15(12-19)16(24-5)11-17(23)20-13-14-9-7-6-8-10-14/h6-11H,13H2,1-5H3,(H,20,23)/b16-11+. The third-order valence-electron chi connectivity index (χ3n) is 3.22. The van der Waals surface area contributed by atoms with E-state index in [-0.39, 0.29) is 11.7 Å². The Labute approximate surface area is 143 Å². The van der Waals surface area contributed by atoms with Gasteiger partial charge in [0.05, 0.1) is 7.11 Å². The van der Waals surface area contributed by atoms with E-state index in [9.17, 15) is 10.1 Å². The van der Waals surface area contributed by atoms with Crippen LogP contribution >= 0.6 is 0 Å². The van der Waals surface area contributed by atoms with Gasteiger partial charge in [-0.1, -0.05) is 30.3 Å². The van der Waals surface area contributed by atoms with Crippen LogP contribution in [0.1, 0.15) is 5.56 Å². The first-order valence-corrected chi connectivity index (χ1v) is 7.47. The number of methoxy groups -OCH3 is 1. The molecule has 1 rings (SSSR count). The summed E-state index contributed by atoms with van der Waals surface area (Å²) < 4.78 is 5.27. The van der Waals surface area contributed by atoms with E-state index in [0.717, 1.165) is 5.56 Å². The fourth-order valence-corrected chi connectivity index (χ4v) is 2.25. The van der Waals surface area contributed by atoms with Gasteiger partial charge in [0.15, 0.2) is 0 Å². The zero-order chi connectivity index (χ0) is 18.1. The van der Waals surface area contributed by atoms with Gasteiger partial charge in [0.1, 0.15) is 23.2 Å². The number of carbonyl (C=O) groups excluding carboxylic acids is 1. The molecule has 6 heteroatoms. The van der Waals surface area contributed by atoms with E-state index < -0.39 is 0 Å². The smallest absolute Gasteiger partial charge is 0.248 e. The highest BCUT2D eigenvalue weighted by molar-refractivity contribution is 5.88. The first kappa shape index (κ1) is 19.1. The predicted molar refractivity (Wildman–Crippen MR) is 93.4 cm³/mol. The molecule has 128 valence electrons. The molecule has 0 fully saturated rings. The fraction of sp³-hybridized carbons (Fsp3) is 0.333. The molecule has 0 radical (unpaired) electrons. The van der Waals surface area contributed by atoms with Gasteiger partial charge in [-0.05, 0) is 5.56 Å². The minimum absolute atomic E-state index is 0.223. The van der Waals surface area contributed by atoms with E-state index in [4.69, 9.17) is 4.74 Å². The molecule has 0 unspecified atom stereocenters. The third kappa shape index (κ3) is 5.36. The van der Waals surface area contributed by atoms with E-state index >= 15 is 0 Å². The predicted octanol–water partition coefficient (Wildman–Crippen LogP) is 1.69. The molecule has 6 nitrogen and oxygen atoms in total. The number of nitrogens with one attached hydrogen (secondary N) is 1. The van der Waals surface area contributed by atoms with Crippen molar-refractivity contribution in [2.75, 3.05) is 35.3 Å². The Morgan fingerprint density at radius 2 is 1.79 bits per heavy atom. The molecule has 0 aliphatic heterocycles. The van der Waals surface area contributed by atoms with Crippen molar-refractivity contribution in [2.45, 2.75) is 6.54 Å². The molecule has 0 atom stereocenters. The van der Waals surface area contributed by atoms with Crippen molar-refractivity contribution in [3.8, 4) is 6.07 Å². The number of nitriles is 1. The van der Waals surface area contributed by atoms with Gasteiger partial charge in [-0.25, -0.2) is 0 Å². The summed E-state index contributed by atoms with van der Waals surface area (Å²) in [5.74, 6) is 0.558. The van der Waals surface area contributed by atoms with Crippen LogP contribution in [0.4, 0.5) is 0 Å². The number of hydrogen-bond donors (Lipinski definition) is 1. The van der Waals surface area contributed by atoms with Gasteiger partial charge in [0.25, 0.3) is 0 Å². The summed E-state index contributed by atoms with van der Waals surface area (Å²) in [5, 5.41) is 12.3. The molecule has 0 aliphatic rings. The van der Waals surface area contributed by atoms with Gasteiger partial charge >= 0.3 is 0 Å². The highest BCUT2D eigenvalue weighted by Gasteiger charge is 2.17. The summed E-state index contributed by atoms with van der Waals surface area (Å²) in [6.45, 7) is 0.410. The number of hydrogen-bond acceptors (Lipinski definition) is 5. The maximum absolute atomic E-state index is 12.1. The van der Waals surface area contributed by atoms with Crippen molar-refractivity contribution in [3.63, 3.8) is 0 Å². The second-order valence-electron chi connectivity index (χ2n) is 5.52. The van der Waals surface area contributed by atoms with E-state index in [1.807, 2.05) is 58.5 Å². The van der Waals surface area contributed by atoms with Crippen LogP contribution in [0.3, 0.4) is 0 Å². The van der Waals surface area contributed by atoms with Crippen LogP contribution in [0.15, 0.2) is 53.6 Å². The Morgan fingerprint density at radius 1 is 1.21 bits per heavy atom. The average Bonchev–Trinajstić information content (AvgIpc) is 2.56. The van der Waals surface area contributed by atoms with Crippen molar-refractivity contribution >= 4 is 5.91 Å². The van der Waals surface area contributed by atoms with E-state index in [2.05, 4.69) is 11.4 Å². The molecule has 1 amide bonds. The molecule has 0 aliphatic carbocycles. The number of amides is 1. The largest absolute Gasteiger partial charge is 0.495 e. The SMILES string of the molecule is CO/C(=C/C(=O)NCc1ccccc1)C(C#N)=C(N(C)C)N(C)C. The van der Waals surface area contributed by atoms with Gasteiger partial charge < -0.3 is 19.9 Å². The molecule has 1 aromatic carbocycles. The summed E-state index contributed by atoms with van der Waals surface area (Å²) >= 11 is 0. The van der Waals surface area contributed by atoms with Crippen LogP contribution in [-0.4, -0.2) is 51.0 Å². The monoisotopic (exact) mass is 328 g/mol. The van der Waals surface area contributed by atoms with E-state index in [1.165, 1.54) is 13.2 Å². The summed E-state index contributed by atoms with van der Waals surface area (Å²) in [7, 11) is 8.76. The van der Waals surface area contributed by atoms with Crippen molar-refractivity contribution in [1.29, 1.82) is 5.26 Å². The maximum Gasteiger partial charge on any atom is 0.248 e. The number of benzene rings is 1. The Hall–Kier alpha value is -2.94. The summed E-state index contributed by atoms with van der Waals surface area (Å²) in [5.41, 5.74) is 1.29. The van der Waals surface area contributed by atoms with E-state index in [1.54, 1.807) is 9.80 Å². The van der Waals surface area contributed by atoms with Crippen LogP contribution in [-0.2, 0) is 16.1 Å². The van der Waals surface area contributed by atoms with Gasteiger partial charge in [-0.3, -0.25) is 4.79 Å². The lowest BCUT2D eigenvalue weighted by Gasteiger charge is -2.26. The normalized spacial score (nSPS) is 10.4. The van der Waals surface area contributed by atoms with E-state index in [0.29, 0.717) is 17.9 Å². The first-order chi connectivity index (χ1) is 11.4. The lowest BCUT2D eigenvalue weighted by molar-refractivity contribution is -0.116. The number of ether oxygens (including phenoxy) is 1. The van der Waals surface area contributed by atoms with Gasteiger partial charge in [-0.15, -0.1) is 0 Å². The first-order valence-electron chi connectivity index (χ1n) is 7.47. The molecule has 1 aromatic rings. The topological polar surface area (TPSA) is 68.6 Å². The van der Waals surface area contributed by atoms with Crippen LogP contribution in [0, 0.1) is 11.3 Å². The zero-order valence-corrected chi connectivity index (χ0v) is 14.8. The number of nitrogens with zero attached hydrogens (tertiary/aromatic N) is 3. The highest BCUT2D eigenvalue weighted by Crippen LogP contribution is 2.18. The molecule has 1 N–H and O–H groups in total. The van der Waals surface area contributed by atoms with Gasteiger partial charge in [0.2, 0.25) is 5.91 Å². The molecular weight excluding hydrogens is 304 g/mol. The van der Waals surface area contributed by atoms with Crippen LogP contribution in [0.25, 0.3) is 0 Å². The molecule has 24 heavy (non-hydrogen) atoms. The van der Waals surface area contributed by atoms with Crippen LogP contribution in [0.2, 0.25) is 0 Å². The van der Waals surface area contributed by atoms with Crippen LogP contribution in [0.5, 0.6) is 0 Å². The second-order valence-corrected chi connectivity index (χ2v) is 5.52. The highest BCUT2D eigenvalue weighted by atomic mass is 16.5. The molecule has 0 bridgehead atoms. The number of rotatable bonds is 7. The summed E-state index contributed by atoms with van der Waals surface area (Å²) in [6, 6.07) is 11.7. The number of allylic oxidation sites excluding steroid dienone is 1. The number of carbonyl (C=O) groups is 1.